The predicted molar refractivity (Wildman–Crippen MR) is 56.7 cm³/mol. The molecular weight excluding hydrogens is 192 g/mol. The molecule has 0 bridgehead atoms. The van der Waals surface area contributed by atoms with E-state index in [4.69, 9.17) is 12.2 Å². The molecule has 1 rings (SSSR count). The van der Waals surface area contributed by atoms with Crippen LogP contribution in [0.15, 0.2) is 18.5 Å². The number of hydrogen-bond acceptors (Lipinski definition) is 3. The zero-order valence-corrected chi connectivity index (χ0v) is 8.39. The molecule has 1 heterocycles. The lowest BCUT2D eigenvalue weighted by atomic mass is 10.2. The third kappa shape index (κ3) is 3.83. The Balaban J connectivity index is 2.20. The van der Waals surface area contributed by atoms with Gasteiger partial charge in [0.1, 0.15) is 0 Å². The van der Waals surface area contributed by atoms with Crippen molar-refractivity contribution in [3.05, 3.63) is 18.5 Å². The van der Waals surface area contributed by atoms with Gasteiger partial charge in [-0.25, -0.2) is 0 Å². The first-order valence-corrected chi connectivity index (χ1v) is 4.68. The van der Waals surface area contributed by atoms with E-state index in [-0.39, 0.29) is 12.3 Å². The molecule has 0 saturated carbocycles. The Kier molecular flexibility index (Phi) is 4.38. The molecule has 80 valence electrons. The van der Waals surface area contributed by atoms with Gasteiger partial charge >= 0.3 is 0 Å². The Hall–Kier alpha value is -1.80. The van der Waals surface area contributed by atoms with Crippen molar-refractivity contribution in [2.45, 2.75) is 19.0 Å². The van der Waals surface area contributed by atoms with E-state index in [1.54, 1.807) is 10.9 Å². The van der Waals surface area contributed by atoms with E-state index in [9.17, 15) is 4.79 Å². The predicted octanol–water partition coefficient (Wildman–Crippen LogP) is -0.650. The number of terminal acetylenes is 1. The van der Waals surface area contributed by atoms with Gasteiger partial charge in [-0.3, -0.25) is 9.48 Å². The number of carbonyl (C=O) groups excluding carboxylic acids is 1. The molecule has 1 aromatic rings. The molecule has 1 atom stereocenters. The number of nitrogens with one attached hydrogen (secondary N) is 1. The zero-order chi connectivity index (χ0) is 11.1. The third-order valence-electron chi connectivity index (χ3n) is 1.87. The van der Waals surface area contributed by atoms with Crippen LogP contribution in [0.4, 0.5) is 0 Å². The number of carbonyl (C=O) groups is 1. The second-order valence-corrected chi connectivity index (χ2v) is 3.07. The van der Waals surface area contributed by atoms with E-state index in [1.165, 1.54) is 0 Å². The summed E-state index contributed by atoms with van der Waals surface area (Å²) in [5.41, 5.74) is 5.51. The molecule has 5 nitrogen and oxygen atoms in total. The SMILES string of the molecule is C#CCC(N)C(=O)NCCn1cccn1. The van der Waals surface area contributed by atoms with Gasteiger partial charge in [-0.05, 0) is 6.07 Å². The molecule has 0 aliphatic carbocycles. The molecule has 0 radical (unpaired) electrons. The Labute approximate surface area is 88.6 Å². The Bertz CT molecular complexity index is 339. The number of nitrogens with zero attached hydrogens (tertiary/aromatic N) is 2. The van der Waals surface area contributed by atoms with Crippen LogP contribution in [-0.2, 0) is 11.3 Å². The summed E-state index contributed by atoms with van der Waals surface area (Å²) in [7, 11) is 0. The van der Waals surface area contributed by atoms with Crippen LogP contribution in [0.1, 0.15) is 6.42 Å². The number of aromatic nitrogens is 2. The summed E-state index contributed by atoms with van der Waals surface area (Å²) in [4.78, 5) is 11.3. The first kappa shape index (κ1) is 11.3. The van der Waals surface area contributed by atoms with Crippen LogP contribution in [-0.4, -0.2) is 28.3 Å². The van der Waals surface area contributed by atoms with Crippen molar-refractivity contribution in [3.63, 3.8) is 0 Å². The maximum Gasteiger partial charge on any atom is 0.237 e. The number of amides is 1. The average molecular weight is 206 g/mol. The topological polar surface area (TPSA) is 72.9 Å². The van der Waals surface area contributed by atoms with Gasteiger partial charge in [0.05, 0.1) is 12.6 Å². The Morgan fingerprint density at radius 1 is 1.73 bits per heavy atom. The summed E-state index contributed by atoms with van der Waals surface area (Å²) >= 11 is 0. The van der Waals surface area contributed by atoms with Crippen LogP contribution in [0.2, 0.25) is 0 Å². The molecule has 0 spiro atoms. The molecule has 1 amide bonds. The van der Waals surface area contributed by atoms with E-state index in [0.717, 1.165) is 0 Å². The van der Waals surface area contributed by atoms with Crippen LogP contribution < -0.4 is 11.1 Å². The van der Waals surface area contributed by atoms with E-state index >= 15 is 0 Å². The van der Waals surface area contributed by atoms with Gasteiger partial charge in [0, 0.05) is 25.4 Å². The molecule has 3 N–H and O–H groups in total. The molecule has 15 heavy (non-hydrogen) atoms. The summed E-state index contributed by atoms with van der Waals surface area (Å²) < 4.78 is 1.73. The molecule has 0 saturated heterocycles. The van der Waals surface area contributed by atoms with E-state index in [1.807, 2.05) is 12.3 Å². The fourth-order valence-electron chi connectivity index (χ4n) is 1.08. The van der Waals surface area contributed by atoms with Crippen LogP contribution in [0, 0.1) is 12.3 Å². The quantitative estimate of drug-likeness (QED) is 0.629. The summed E-state index contributed by atoms with van der Waals surface area (Å²) in [6, 6.07) is 1.21. The maximum absolute atomic E-state index is 11.3. The van der Waals surface area contributed by atoms with Crippen molar-refractivity contribution in [2.24, 2.45) is 5.73 Å². The minimum atomic E-state index is -0.618. The first-order valence-electron chi connectivity index (χ1n) is 4.68. The van der Waals surface area contributed by atoms with Gasteiger partial charge < -0.3 is 11.1 Å². The largest absolute Gasteiger partial charge is 0.353 e. The van der Waals surface area contributed by atoms with Gasteiger partial charge in [-0.15, -0.1) is 12.3 Å². The number of rotatable bonds is 5. The van der Waals surface area contributed by atoms with Gasteiger partial charge in [0.2, 0.25) is 5.91 Å². The minimum absolute atomic E-state index is 0.222. The highest BCUT2D eigenvalue weighted by Crippen LogP contribution is 1.86. The summed E-state index contributed by atoms with van der Waals surface area (Å²) in [6.07, 6.45) is 8.82. The van der Waals surface area contributed by atoms with Crippen molar-refractivity contribution in [2.75, 3.05) is 6.54 Å². The molecular formula is C10H14N4O. The lowest BCUT2D eigenvalue weighted by Crippen LogP contribution is -2.41. The second-order valence-electron chi connectivity index (χ2n) is 3.07. The zero-order valence-electron chi connectivity index (χ0n) is 8.39. The molecule has 1 aromatic heterocycles. The van der Waals surface area contributed by atoms with E-state index in [0.29, 0.717) is 13.1 Å². The number of hydrogen-bond donors (Lipinski definition) is 2. The van der Waals surface area contributed by atoms with E-state index < -0.39 is 6.04 Å². The summed E-state index contributed by atoms with van der Waals surface area (Å²) in [5.74, 6) is 2.13. The molecule has 5 heteroatoms. The smallest absolute Gasteiger partial charge is 0.237 e. The van der Waals surface area contributed by atoms with Crippen molar-refractivity contribution < 1.29 is 4.79 Å². The molecule has 0 aliphatic heterocycles. The van der Waals surface area contributed by atoms with Gasteiger partial charge in [-0.2, -0.15) is 5.10 Å². The monoisotopic (exact) mass is 206 g/mol. The van der Waals surface area contributed by atoms with Crippen LogP contribution >= 0.6 is 0 Å². The van der Waals surface area contributed by atoms with Gasteiger partial charge in [0.15, 0.2) is 0 Å². The van der Waals surface area contributed by atoms with Crippen molar-refractivity contribution in [3.8, 4) is 12.3 Å². The molecule has 0 aromatic carbocycles. The number of nitrogens with two attached hydrogens (primary N) is 1. The lowest BCUT2D eigenvalue weighted by Gasteiger charge is -2.09. The van der Waals surface area contributed by atoms with Gasteiger partial charge in [-0.1, -0.05) is 0 Å². The lowest BCUT2D eigenvalue weighted by molar-refractivity contribution is -0.122. The van der Waals surface area contributed by atoms with Crippen molar-refractivity contribution in [1.82, 2.24) is 15.1 Å². The van der Waals surface area contributed by atoms with Gasteiger partial charge in [0.25, 0.3) is 0 Å². The standard InChI is InChI=1S/C10H14N4O/c1-2-4-9(11)10(15)12-6-8-14-7-3-5-13-14/h1,3,5,7,9H,4,6,8,11H2,(H,12,15). The molecule has 1 unspecified atom stereocenters. The minimum Gasteiger partial charge on any atom is -0.353 e. The van der Waals surface area contributed by atoms with Crippen LogP contribution in [0.5, 0.6) is 0 Å². The normalized spacial score (nSPS) is 11.7. The fourth-order valence-corrected chi connectivity index (χ4v) is 1.08. The van der Waals surface area contributed by atoms with E-state index in [2.05, 4.69) is 16.3 Å². The maximum atomic E-state index is 11.3. The highest BCUT2D eigenvalue weighted by atomic mass is 16.2. The molecule has 0 aliphatic rings. The highest BCUT2D eigenvalue weighted by Gasteiger charge is 2.10. The van der Waals surface area contributed by atoms with Crippen molar-refractivity contribution >= 4 is 5.91 Å². The summed E-state index contributed by atoms with van der Waals surface area (Å²) in [6.45, 7) is 1.13. The van der Waals surface area contributed by atoms with Crippen LogP contribution in [0.3, 0.4) is 0 Å². The average Bonchev–Trinajstić information content (AvgIpc) is 2.71. The fraction of sp³-hybridized carbons (Fsp3) is 0.400. The Morgan fingerprint density at radius 2 is 2.53 bits per heavy atom. The molecule has 0 fully saturated rings. The third-order valence-corrected chi connectivity index (χ3v) is 1.87. The van der Waals surface area contributed by atoms with Crippen LogP contribution in [0.25, 0.3) is 0 Å². The summed E-state index contributed by atoms with van der Waals surface area (Å²) in [5, 5.41) is 6.68. The second kappa shape index (κ2) is 5.83. The Morgan fingerprint density at radius 3 is 3.13 bits per heavy atom. The van der Waals surface area contributed by atoms with Crippen molar-refractivity contribution in [1.29, 1.82) is 0 Å². The first-order chi connectivity index (χ1) is 7.24. The highest BCUT2D eigenvalue weighted by molar-refractivity contribution is 5.81.